The first-order valence-corrected chi connectivity index (χ1v) is 5.13. The number of nitrogens with two attached hydrogens (primary N) is 1. The predicted molar refractivity (Wildman–Crippen MR) is 58.6 cm³/mol. The van der Waals surface area contributed by atoms with Crippen molar-refractivity contribution >= 4 is 11.6 Å². The van der Waals surface area contributed by atoms with Crippen molar-refractivity contribution in [3.63, 3.8) is 0 Å². The van der Waals surface area contributed by atoms with Gasteiger partial charge in [0.15, 0.2) is 0 Å². The molecule has 0 aromatic carbocycles. The molecule has 84 valence electrons. The fourth-order valence-electron chi connectivity index (χ4n) is 1.41. The Bertz CT molecular complexity index is 313. The Hall–Kier alpha value is -0.680. The molecule has 0 aliphatic carbocycles. The van der Waals surface area contributed by atoms with Gasteiger partial charge in [-0.3, -0.25) is 0 Å². The number of rotatable bonds is 4. The molecule has 0 bridgehead atoms. The quantitative estimate of drug-likeness (QED) is 0.668. The Morgan fingerprint density at radius 2 is 2.20 bits per heavy atom. The van der Waals surface area contributed by atoms with Crippen LogP contribution < -0.4 is 5.73 Å². The fourth-order valence-corrected chi connectivity index (χ4v) is 1.73. The molecule has 15 heavy (non-hydrogen) atoms. The van der Waals surface area contributed by atoms with Crippen LogP contribution in [0.5, 0.6) is 0 Å². The van der Waals surface area contributed by atoms with E-state index in [1.165, 1.54) is 0 Å². The summed E-state index contributed by atoms with van der Waals surface area (Å²) in [5, 5.41) is 19.7. The number of pyridine rings is 1. The highest BCUT2D eigenvalue weighted by molar-refractivity contribution is 6.30. The molecule has 5 heteroatoms. The van der Waals surface area contributed by atoms with Crippen molar-refractivity contribution in [3.05, 3.63) is 28.5 Å². The normalized spacial score (nSPS) is 15.0. The lowest BCUT2D eigenvalue weighted by atomic mass is 10.00. The van der Waals surface area contributed by atoms with E-state index in [-0.39, 0.29) is 5.15 Å². The molecule has 0 saturated heterocycles. The van der Waals surface area contributed by atoms with Crippen LogP contribution in [-0.4, -0.2) is 27.8 Å². The van der Waals surface area contributed by atoms with Crippen LogP contribution in [0, 0.1) is 6.92 Å². The zero-order valence-corrected chi connectivity index (χ0v) is 9.28. The molecule has 1 aromatic heterocycles. The largest absolute Gasteiger partial charge is 0.390 e. The van der Waals surface area contributed by atoms with E-state index in [2.05, 4.69) is 4.98 Å². The van der Waals surface area contributed by atoms with Gasteiger partial charge in [0.05, 0.1) is 6.10 Å². The third-order valence-electron chi connectivity index (χ3n) is 2.28. The van der Waals surface area contributed by atoms with Crippen molar-refractivity contribution in [1.29, 1.82) is 0 Å². The molecular weight excluding hydrogens is 216 g/mol. The van der Waals surface area contributed by atoms with Crippen molar-refractivity contribution in [2.45, 2.75) is 25.6 Å². The summed E-state index contributed by atoms with van der Waals surface area (Å²) in [7, 11) is 0. The lowest BCUT2D eigenvalue weighted by Crippen LogP contribution is -2.22. The minimum atomic E-state index is -1.03. The number of hydrogen-bond donors (Lipinski definition) is 3. The molecule has 0 aliphatic rings. The molecule has 0 radical (unpaired) electrons. The zero-order chi connectivity index (χ0) is 11.4. The van der Waals surface area contributed by atoms with Gasteiger partial charge in [0, 0.05) is 11.8 Å². The van der Waals surface area contributed by atoms with E-state index in [1.54, 1.807) is 19.2 Å². The topological polar surface area (TPSA) is 79.4 Å². The van der Waals surface area contributed by atoms with Gasteiger partial charge < -0.3 is 15.9 Å². The molecule has 0 saturated carbocycles. The second-order valence-corrected chi connectivity index (χ2v) is 3.78. The predicted octanol–water partition coefficient (Wildman–Crippen LogP) is 0.787. The standard InChI is InChI=1S/C10H15ClN2O2/c1-6-3-5-13-10(11)8(6)9(15)7(14)2-4-12/h3,5,7,9,14-15H,2,4,12H2,1H3. The van der Waals surface area contributed by atoms with Crippen molar-refractivity contribution in [1.82, 2.24) is 4.98 Å². The molecule has 1 heterocycles. The van der Waals surface area contributed by atoms with Gasteiger partial charge in [-0.25, -0.2) is 4.98 Å². The van der Waals surface area contributed by atoms with Crippen LogP contribution in [0.15, 0.2) is 12.3 Å². The average molecular weight is 231 g/mol. The lowest BCUT2D eigenvalue weighted by Gasteiger charge is -2.19. The Morgan fingerprint density at radius 1 is 1.53 bits per heavy atom. The van der Waals surface area contributed by atoms with Crippen LogP contribution in [0.2, 0.25) is 5.15 Å². The minimum Gasteiger partial charge on any atom is -0.390 e. The van der Waals surface area contributed by atoms with Gasteiger partial charge in [0.2, 0.25) is 0 Å². The highest BCUT2D eigenvalue weighted by Gasteiger charge is 2.22. The van der Waals surface area contributed by atoms with Crippen LogP contribution in [-0.2, 0) is 0 Å². The van der Waals surface area contributed by atoms with E-state index in [1.807, 2.05) is 0 Å². The van der Waals surface area contributed by atoms with E-state index < -0.39 is 12.2 Å². The lowest BCUT2D eigenvalue weighted by molar-refractivity contribution is 0.0145. The number of aromatic nitrogens is 1. The number of aliphatic hydroxyl groups is 2. The van der Waals surface area contributed by atoms with Gasteiger partial charge in [-0.05, 0) is 31.5 Å². The van der Waals surface area contributed by atoms with Gasteiger partial charge in [-0.1, -0.05) is 11.6 Å². The van der Waals surface area contributed by atoms with Crippen LogP contribution in [0.25, 0.3) is 0 Å². The van der Waals surface area contributed by atoms with Gasteiger partial charge in [-0.15, -0.1) is 0 Å². The number of aliphatic hydroxyl groups excluding tert-OH is 2. The smallest absolute Gasteiger partial charge is 0.135 e. The average Bonchev–Trinajstić information content (AvgIpc) is 2.17. The summed E-state index contributed by atoms with van der Waals surface area (Å²) in [6, 6.07) is 1.74. The molecule has 4 nitrogen and oxygen atoms in total. The van der Waals surface area contributed by atoms with E-state index in [0.717, 1.165) is 5.56 Å². The highest BCUT2D eigenvalue weighted by atomic mass is 35.5. The first-order valence-electron chi connectivity index (χ1n) is 4.75. The van der Waals surface area contributed by atoms with Gasteiger partial charge in [0.25, 0.3) is 0 Å². The van der Waals surface area contributed by atoms with E-state index in [0.29, 0.717) is 18.5 Å². The van der Waals surface area contributed by atoms with Crippen LogP contribution >= 0.6 is 11.6 Å². The molecule has 1 aromatic rings. The molecule has 4 N–H and O–H groups in total. The van der Waals surface area contributed by atoms with Crippen LogP contribution in [0.3, 0.4) is 0 Å². The van der Waals surface area contributed by atoms with Crippen molar-refractivity contribution < 1.29 is 10.2 Å². The number of hydrogen-bond acceptors (Lipinski definition) is 4. The molecule has 0 spiro atoms. The monoisotopic (exact) mass is 230 g/mol. The summed E-state index contributed by atoms with van der Waals surface area (Å²) in [5.74, 6) is 0. The third kappa shape index (κ3) is 2.89. The minimum absolute atomic E-state index is 0.221. The van der Waals surface area contributed by atoms with Crippen molar-refractivity contribution in [3.8, 4) is 0 Å². The first kappa shape index (κ1) is 12.4. The maximum atomic E-state index is 9.85. The third-order valence-corrected chi connectivity index (χ3v) is 2.58. The molecule has 2 unspecified atom stereocenters. The Labute approximate surface area is 93.7 Å². The van der Waals surface area contributed by atoms with Gasteiger partial charge in [-0.2, -0.15) is 0 Å². The van der Waals surface area contributed by atoms with E-state index in [4.69, 9.17) is 17.3 Å². The Kier molecular flexibility index (Phi) is 4.47. The summed E-state index contributed by atoms with van der Waals surface area (Å²) in [5.41, 5.74) is 6.58. The molecule has 2 atom stereocenters. The van der Waals surface area contributed by atoms with Crippen molar-refractivity contribution in [2.24, 2.45) is 5.73 Å². The van der Waals surface area contributed by atoms with Crippen LogP contribution in [0.4, 0.5) is 0 Å². The first-order chi connectivity index (χ1) is 7.07. The number of nitrogens with zero attached hydrogens (tertiary/aromatic N) is 1. The summed E-state index contributed by atoms with van der Waals surface area (Å²) < 4.78 is 0. The van der Waals surface area contributed by atoms with Gasteiger partial charge >= 0.3 is 0 Å². The Balaban J connectivity index is 2.94. The van der Waals surface area contributed by atoms with E-state index in [9.17, 15) is 10.2 Å². The fraction of sp³-hybridized carbons (Fsp3) is 0.500. The van der Waals surface area contributed by atoms with Crippen molar-refractivity contribution in [2.75, 3.05) is 6.54 Å². The summed E-state index contributed by atoms with van der Waals surface area (Å²) in [6.45, 7) is 2.12. The maximum absolute atomic E-state index is 9.85. The zero-order valence-electron chi connectivity index (χ0n) is 8.52. The molecular formula is C10H15ClN2O2. The second kappa shape index (κ2) is 5.42. The maximum Gasteiger partial charge on any atom is 0.135 e. The SMILES string of the molecule is Cc1ccnc(Cl)c1C(O)C(O)CCN. The van der Waals surface area contributed by atoms with Crippen LogP contribution in [0.1, 0.15) is 23.7 Å². The summed E-state index contributed by atoms with van der Waals surface area (Å²) in [4.78, 5) is 3.87. The molecule has 0 amide bonds. The van der Waals surface area contributed by atoms with Gasteiger partial charge in [0.1, 0.15) is 11.3 Å². The molecule has 0 aliphatic heterocycles. The second-order valence-electron chi connectivity index (χ2n) is 3.42. The number of aryl methyl sites for hydroxylation is 1. The Morgan fingerprint density at radius 3 is 2.73 bits per heavy atom. The van der Waals surface area contributed by atoms with E-state index >= 15 is 0 Å². The molecule has 0 fully saturated rings. The molecule has 1 rings (SSSR count). The summed E-state index contributed by atoms with van der Waals surface area (Å²) in [6.07, 6.45) is -0.0557. The number of halogens is 1. The highest BCUT2D eigenvalue weighted by Crippen LogP contribution is 2.27. The summed E-state index contributed by atoms with van der Waals surface area (Å²) >= 11 is 5.86.